The molecule has 0 amide bonds. The molecule has 1 aromatic rings. The van der Waals surface area contributed by atoms with Crippen molar-refractivity contribution in [1.29, 1.82) is 0 Å². The van der Waals surface area contributed by atoms with Crippen LogP contribution >= 0.6 is 11.6 Å². The maximum Gasteiger partial charge on any atom is 0.0833 e. The first kappa shape index (κ1) is 11.9. The molecule has 0 radical (unpaired) electrons. The average Bonchev–Trinajstić information content (AvgIpc) is 2.86. The summed E-state index contributed by atoms with van der Waals surface area (Å²) in [4.78, 5) is 0. The molecule has 1 aromatic heterocycles. The first-order valence-electron chi connectivity index (χ1n) is 6.11. The summed E-state index contributed by atoms with van der Waals surface area (Å²) in [5.41, 5.74) is 7.15. The molecule has 1 aliphatic rings. The highest BCUT2D eigenvalue weighted by atomic mass is 35.5. The van der Waals surface area contributed by atoms with E-state index in [1.165, 1.54) is 32.1 Å². The fourth-order valence-electron chi connectivity index (χ4n) is 2.69. The van der Waals surface area contributed by atoms with Crippen molar-refractivity contribution in [3.8, 4) is 0 Å². The molecular weight excluding hydrogens is 222 g/mol. The summed E-state index contributed by atoms with van der Waals surface area (Å²) in [5.74, 6) is 0.887. The van der Waals surface area contributed by atoms with Crippen molar-refractivity contribution >= 4 is 11.6 Å². The van der Waals surface area contributed by atoms with Gasteiger partial charge in [-0.15, -0.1) is 0 Å². The lowest BCUT2D eigenvalue weighted by atomic mass is 9.97. The first-order valence-corrected chi connectivity index (χ1v) is 6.49. The molecule has 1 heterocycles. The van der Waals surface area contributed by atoms with E-state index >= 15 is 0 Å². The van der Waals surface area contributed by atoms with Gasteiger partial charge in [-0.1, -0.05) is 37.3 Å². The highest BCUT2D eigenvalue weighted by Gasteiger charge is 2.19. The number of hydrogen-bond donors (Lipinski definition) is 1. The number of nitrogens with zero attached hydrogens (tertiary/aromatic N) is 2. The highest BCUT2D eigenvalue weighted by molar-refractivity contribution is 6.31. The summed E-state index contributed by atoms with van der Waals surface area (Å²) in [6, 6.07) is 0.0283. The van der Waals surface area contributed by atoms with Crippen LogP contribution in [0.15, 0.2) is 6.20 Å². The zero-order valence-corrected chi connectivity index (χ0v) is 10.6. The molecule has 1 atom stereocenters. The molecule has 1 fully saturated rings. The molecule has 1 aliphatic carbocycles. The quantitative estimate of drug-likeness (QED) is 0.881. The van der Waals surface area contributed by atoms with Crippen LogP contribution in [0.1, 0.15) is 50.3 Å². The Hall–Kier alpha value is -0.540. The third-order valence-electron chi connectivity index (χ3n) is 3.65. The van der Waals surface area contributed by atoms with Crippen molar-refractivity contribution in [2.45, 2.75) is 44.6 Å². The standard InChI is InChI=1S/C12H20ClN3/c1-16-12(10(13)8-15-16)11(14)7-6-9-4-2-3-5-9/h8-9,11H,2-7,14H2,1H3. The second kappa shape index (κ2) is 5.19. The Morgan fingerprint density at radius 2 is 2.25 bits per heavy atom. The summed E-state index contributed by atoms with van der Waals surface area (Å²) in [7, 11) is 1.90. The van der Waals surface area contributed by atoms with Crippen LogP contribution in [0.25, 0.3) is 0 Å². The van der Waals surface area contributed by atoms with E-state index in [-0.39, 0.29) is 6.04 Å². The molecule has 2 rings (SSSR count). The summed E-state index contributed by atoms with van der Waals surface area (Å²) in [6.45, 7) is 0. The molecular formula is C12H20ClN3. The van der Waals surface area contributed by atoms with Crippen molar-refractivity contribution in [3.05, 3.63) is 16.9 Å². The van der Waals surface area contributed by atoms with Gasteiger partial charge in [0.1, 0.15) is 0 Å². The lowest BCUT2D eigenvalue weighted by Crippen LogP contribution is -2.16. The molecule has 1 saturated carbocycles. The largest absolute Gasteiger partial charge is 0.323 e. The summed E-state index contributed by atoms with van der Waals surface area (Å²) >= 11 is 6.07. The summed E-state index contributed by atoms with van der Waals surface area (Å²) < 4.78 is 1.79. The van der Waals surface area contributed by atoms with Crippen molar-refractivity contribution in [3.63, 3.8) is 0 Å². The number of aromatic nitrogens is 2. The van der Waals surface area contributed by atoms with Crippen LogP contribution in [0.2, 0.25) is 5.02 Å². The zero-order valence-electron chi connectivity index (χ0n) is 9.82. The van der Waals surface area contributed by atoms with Crippen molar-refractivity contribution < 1.29 is 0 Å². The van der Waals surface area contributed by atoms with Crippen LogP contribution in [0.5, 0.6) is 0 Å². The number of rotatable bonds is 4. The van der Waals surface area contributed by atoms with Crippen LogP contribution in [0.3, 0.4) is 0 Å². The van der Waals surface area contributed by atoms with Gasteiger partial charge in [0.2, 0.25) is 0 Å². The normalized spacial score (nSPS) is 19.2. The molecule has 0 bridgehead atoms. The van der Waals surface area contributed by atoms with Gasteiger partial charge >= 0.3 is 0 Å². The third kappa shape index (κ3) is 2.58. The summed E-state index contributed by atoms with van der Waals surface area (Å²) in [5, 5.41) is 4.82. The van der Waals surface area contributed by atoms with Gasteiger partial charge in [-0.3, -0.25) is 4.68 Å². The van der Waals surface area contributed by atoms with Gasteiger partial charge in [0.05, 0.1) is 16.9 Å². The molecule has 16 heavy (non-hydrogen) atoms. The Bertz CT molecular complexity index is 323. The van der Waals surface area contributed by atoms with E-state index < -0.39 is 0 Å². The molecule has 90 valence electrons. The van der Waals surface area contributed by atoms with Crippen molar-refractivity contribution in [2.24, 2.45) is 18.7 Å². The number of nitrogens with two attached hydrogens (primary N) is 1. The fraction of sp³-hybridized carbons (Fsp3) is 0.750. The van der Waals surface area contributed by atoms with E-state index in [0.29, 0.717) is 5.02 Å². The van der Waals surface area contributed by atoms with E-state index in [1.807, 2.05) is 7.05 Å². The minimum atomic E-state index is 0.0283. The minimum Gasteiger partial charge on any atom is -0.323 e. The zero-order chi connectivity index (χ0) is 11.5. The van der Waals surface area contributed by atoms with Crippen molar-refractivity contribution in [2.75, 3.05) is 0 Å². The van der Waals surface area contributed by atoms with Crippen LogP contribution in [-0.4, -0.2) is 9.78 Å². The third-order valence-corrected chi connectivity index (χ3v) is 3.94. The Labute approximate surface area is 102 Å². The van der Waals surface area contributed by atoms with Crippen molar-refractivity contribution in [1.82, 2.24) is 9.78 Å². The molecule has 0 aliphatic heterocycles. The monoisotopic (exact) mass is 241 g/mol. The summed E-state index contributed by atoms with van der Waals surface area (Å²) in [6.07, 6.45) is 9.47. The predicted molar refractivity (Wildman–Crippen MR) is 66.3 cm³/mol. The van der Waals surface area contributed by atoms with E-state index in [4.69, 9.17) is 17.3 Å². The Balaban J connectivity index is 1.89. The molecule has 4 heteroatoms. The Kier molecular flexibility index (Phi) is 3.87. The molecule has 3 nitrogen and oxygen atoms in total. The van der Waals surface area contributed by atoms with Crippen LogP contribution in [0.4, 0.5) is 0 Å². The van der Waals surface area contributed by atoms with Gasteiger partial charge in [0.15, 0.2) is 0 Å². The van der Waals surface area contributed by atoms with E-state index in [0.717, 1.165) is 18.0 Å². The van der Waals surface area contributed by atoms with Gasteiger partial charge in [-0.25, -0.2) is 0 Å². The number of halogens is 1. The minimum absolute atomic E-state index is 0.0283. The topological polar surface area (TPSA) is 43.8 Å². The van der Waals surface area contributed by atoms with Gasteiger partial charge < -0.3 is 5.73 Å². The Morgan fingerprint density at radius 3 is 2.81 bits per heavy atom. The van der Waals surface area contributed by atoms with Crippen LogP contribution < -0.4 is 5.73 Å². The lowest BCUT2D eigenvalue weighted by Gasteiger charge is -2.15. The second-order valence-corrected chi connectivity index (χ2v) is 5.24. The molecule has 2 N–H and O–H groups in total. The smallest absolute Gasteiger partial charge is 0.0833 e. The second-order valence-electron chi connectivity index (χ2n) is 4.84. The van der Waals surface area contributed by atoms with E-state index in [2.05, 4.69) is 5.10 Å². The maximum atomic E-state index is 6.17. The molecule has 0 aromatic carbocycles. The molecule has 0 spiro atoms. The number of hydrogen-bond acceptors (Lipinski definition) is 2. The SMILES string of the molecule is Cn1ncc(Cl)c1C(N)CCC1CCCC1. The fourth-order valence-corrected chi connectivity index (χ4v) is 2.99. The first-order chi connectivity index (χ1) is 7.68. The number of aryl methyl sites for hydroxylation is 1. The van der Waals surface area contributed by atoms with E-state index in [1.54, 1.807) is 10.9 Å². The van der Waals surface area contributed by atoms with Gasteiger partial charge in [0.25, 0.3) is 0 Å². The highest BCUT2D eigenvalue weighted by Crippen LogP contribution is 2.31. The van der Waals surface area contributed by atoms with E-state index in [9.17, 15) is 0 Å². The maximum absolute atomic E-state index is 6.17. The average molecular weight is 242 g/mol. The predicted octanol–water partition coefficient (Wildman–Crippen LogP) is 3.04. The molecule has 0 saturated heterocycles. The molecule has 1 unspecified atom stereocenters. The van der Waals surface area contributed by atoms with Gasteiger partial charge in [-0.2, -0.15) is 5.10 Å². The van der Waals surface area contributed by atoms with Crippen LogP contribution in [-0.2, 0) is 7.05 Å². The Morgan fingerprint density at radius 1 is 1.56 bits per heavy atom. The van der Waals surface area contributed by atoms with Crippen LogP contribution in [0, 0.1) is 5.92 Å². The van der Waals surface area contributed by atoms with Gasteiger partial charge in [-0.05, 0) is 18.8 Å². The van der Waals surface area contributed by atoms with Gasteiger partial charge in [0, 0.05) is 13.1 Å². The lowest BCUT2D eigenvalue weighted by molar-refractivity contribution is 0.444.